The molecule has 0 radical (unpaired) electrons. The van der Waals surface area contributed by atoms with Gasteiger partial charge in [-0.3, -0.25) is 9.59 Å². The summed E-state index contributed by atoms with van der Waals surface area (Å²) < 4.78 is 28.1. The maximum absolute atomic E-state index is 13.5. The Bertz CT molecular complexity index is 719. The summed E-state index contributed by atoms with van der Waals surface area (Å²) in [4.78, 5) is 27.6. The van der Waals surface area contributed by atoms with Crippen LogP contribution in [0.2, 0.25) is 0 Å². The lowest BCUT2D eigenvalue weighted by Gasteiger charge is -2.14. The van der Waals surface area contributed by atoms with Crippen molar-refractivity contribution in [1.82, 2.24) is 20.2 Å². The van der Waals surface area contributed by atoms with Crippen molar-refractivity contribution in [3.8, 4) is 0 Å². The first-order valence-electron chi connectivity index (χ1n) is 7.94. The fourth-order valence-corrected chi connectivity index (χ4v) is 2.32. The van der Waals surface area contributed by atoms with Crippen molar-refractivity contribution in [2.75, 3.05) is 6.54 Å². The third-order valence-corrected chi connectivity index (χ3v) is 3.49. The Morgan fingerprint density at radius 2 is 2.12 bits per heavy atom. The lowest BCUT2D eigenvalue weighted by atomic mass is 10.2. The minimum Gasteiger partial charge on any atom is -0.352 e. The summed E-state index contributed by atoms with van der Waals surface area (Å²) >= 11 is 0. The van der Waals surface area contributed by atoms with Crippen molar-refractivity contribution < 1.29 is 18.4 Å². The van der Waals surface area contributed by atoms with Crippen LogP contribution in [0.4, 0.5) is 8.78 Å². The summed E-state index contributed by atoms with van der Waals surface area (Å²) in [7, 11) is 0. The summed E-state index contributed by atoms with van der Waals surface area (Å²) in [5.74, 6) is -2.42. The van der Waals surface area contributed by atoms with Gasteiger partial charge in [0.05, 0.1) is 11.9 Å². The van der Waals surface area contributed by atoms with Gasteiger partial charge in [-0.05, 0) is 25.5 Å². The number of hydrogen-bond acceptors (Lipinski definition) is 3. The van der Waals surface area contributed by atoms with Crippen LogP contribution < -0.4 is 10.6 Å². The summed E-state index contributed by atoms with van der Waals surface area (Å²) in [5.41, 5.74) is -0.222. The Labute approximate surface area is 144 Å². The zero-order valence-electron chi connectivity index (χ0n) is 13.8. The molecule has 2 aromatic rings. The largest absolute Gasteiger partial charge is 0.352 e. The molecule has 2 N–H and O–H groups in total. The summed E-state index contributed by atoms with van der Waals surface area (Å²) in [6.45, 7) is 2.72. The quantitative estimate of drug-likeness (QED) is 0.714. The second kappa shape index (κ2) is 8.91. The van der Waals surface area contributed by atoms with Gasteiger partial charge in [-0.2, -0.15) is 0 Å². The van der Waals surface area contributed by atoms with E-state index in [1.54, 1.807) is 12.5 Å². The van der Waals surface area contributed by atoms with Crippen LogP contribution in [0, 0.1) is 11.6 Å². The van der Waals surface area contributed by atoms with E-state index in [0.717, 1.165) is 12.1 Å². The molecule has 1 aromatic heterocycles. The molecule has 1 aromatic carbocycles. The SMILES string of the molecule is CC(Cn1ccnc1)NC(=O)CCCNC(=O)c1ccc(F)cc1F. The molecule has 6 nitrogen and oxygen atoms in total. The second-order valence-corrected chi connectivity index (χ2v) is 5.71. The number of carbonyl (C=O) groups is 2. The number of aromatic nitrogens is 2. The maximum Gasteiger partial charge on any atom is 0.254 e. The van der Waals surface area contributed by atoms with Crippen LogP contribution >= 0.6 is 0 Å². The third-order valence-electron chi connectivity index (χ3n) is 3.49. The van der Waals surface area contributed by atoms with Gasteiger partial charge in [0.25, 0.3) is 5.91 Å². The van der Waals surface area contributed by atoms with Crippen molar-refractivity contribution in [3.63, 3.8) is 0 Å². The molecule has 0 aliphatic rings. The lowest BCUT2D eigenvalue weighted by molar-refractivity contribution is -0.121. The fraction of sp³-hybridized carbons (Fsp3) is 0.353. The molecule has 134 valence electrons. The number of nitrogens with zero attached hydrogens (tertiary/aromatic N) is 2. The van der Waals surface area contributed by atoms with Gasteiger partial charge in [0.2, 0.25) is 5.91 Å². The molecule has 2 amide bonds. The third kappa shape index (κ3) is 5.98. The van der Waals surface area contributed by atoms with E-state index >= 15 is 0 Å². The summed E-state index contributed by atoms with van der Waals surface area (Å²) in [5, 5.41) is 5.36. The topological polar surface area (TPSA) is 76.0 Å². The van der Waals surface area contributed by atoms with E-state index in [0.29, 0.717) is 19.0 Å². The number of amides is 2. The molecular formula is C17H20F2N4O2. The second-order valence-electron chi connectivity index (χ2n) is 5.71. The van der Waals surface area contributed by atoms with E-state index in [4.69, 9.17) is 0 Å². The Hall–Kier alpha value is -2.77. The Morgan fingerprint density at radius 1 is 1.32 bits per heavy atom. The van der Waals surface area contributed by atoms with Crippen molar-refractivity contribution in [2.45, 2.75) is 32.4 Å². The smallest absolute Gasteiger partial charge is 0.254 e. The number of nitrogens with one attached hydrogen (secondary N) is 2. The molecule has 0 aliphatic heterocycles. The van der Waals surface area contributed by atoms with Crippen LogP contribution in [-0.2, 0) is 11.3 Å². The molecule has 0 saturated heterocycles. The standard InChI is InChI=1S/C17H20F2N4O2/c1-12(10-23-8-7-20-11-23)22-16(24)3-2-6-21-17(25)14-5-4-13(18)9-15(14)19/h4-5,7-9,11-12H,2-3,6,10H2,1H3,(H,21,25)(H,22,24). The number of benzene rings is 1. The normalized spacial score (nSPS) is 11.8. The molecule has 1 unspecified atom stereocenters. The zero-order chi connectivity index (χ0) is 18.2. The molecule has 0 fully saturated rings. The number of imidazole rings is 1. The molecule has 8 heteroatoms. The molecule has 1 heterocycles. The van der Waals surface area contributed by atoms with E-state index in [2.05, 4.69) is 15.6 Å². The average molecular weight is 350 g/mol. The number of halogens is 2. The van der Waals surface area contributed by atoms with E-state index in [1.165, 1.54) is 0 Å². The van der Waals surface area contributed by atoms with Gasteiger partial charge < -0.3 is 15.2 Å². The van der Waals surface area contributed by atoms with Crippen LogP contribution in [0.3, 0.4) is 0 Å². The van der Waals surface area contributed by atoms with Crippen molar-refractivity contribution in [3.05, 3.63) is 54.1 Å². The van der Waals surface area contributed by atoms with Crippen LogP contribution in [0.25, 0.3) is 0 Å². The van der Waals surface area contributed by atoms with Crippen molar-refractivity contribution >= 4 is 11.8 Å². The van der Waals surface area contributed by atoms with E-state index < -0.39 is 17.5 Å². The van der Waals surface area contributed by atoms with Crippen LogP contribution in [0.5, 0.6) is 0 Å². The van der Waals surface area contributed by atoms with Crippen LogP contribution in [0.15, 0.2) is 36.9 Å². The maximum atomic E-state index is 13.5. The fourth-order valence-electron chi connectivity index (χ4n) is 2.32. The molecule has 1 atom stereocenters. The Balaban J connectivity index is 1.66. The minimum absolute atomic E-state index is 0.0513. The van der Waals surface area contributed by atoms with Crippen LogP contribution in [-0.4, -0.2) is 34.0 Å². The van der Waals surface area contributed by atoms with E-state index in [1.807, 2.05) is 17.7 Å². The molecule has 0 aliphatic carbocycles. The Kier molecular flexibility index (Phi) is 6.62. The lowest BCUT2D eigenvalue weighted by Crippen LogP contribution is -2.36. The van der Waals surface area contributed by atoms with Gasteiger partial charge in [0.15, 0.2) is 0 Å². The molecule has 2 rings (SSSR count). The monoisotopic (exact) mass is 350 g/mol. The number of carbonyl (C=O) groups excluding carboxylic acids is 2. The highest BCUT2D eigenvalue weighted by atomic mass is 19.1. The van der Waals surface area contributed by atoms with E-state index in [-0.39, 0.29) is 30.5 Å². The van der Waals surface area contributed by atoms with Gasteiger partial charge in [-0.25, -0.2) is 13.8 Å². The van der Waals surface area contributed by atoms with Crippen molar-refractivity contribution in [1.29, 1.82) is 0 Å². The van der Waals surface area contributed by atoms with E-state index in [9.17, 15) is 18.4 Å². The summed E-state index contributed by atoms with van der Waals surface area (Å²) in [6.07, 6.45) is 5.80. The summed E-state index contributed by atoms with van der Waals surface area (Å²) in [6, 6.07) is 2.71. The first-order chi connectivity index (χ1) is 12.0. The average Bonchev–Trinajstić information content (AvgIpc) is 3.04. The molecule has 0 saturated carbocycles. The zero-order valence-corrected chi connectivity index (χ0v) is 13.8. The van der Waals surface area contributed by atoms with Gasteiger partial charge in [0, 0.05) is 44.0 Å². The van der Waals surface area contributed by atoms with Gasteiger partial charge in [-0.15, -0.1) is 0 Å². The molecular weight excluding hydrogens is 330 g/mol. The van der Waals surface area contributed by atoms with Gasteiger partial charge in [-0.1, -0.05) is 0 Å². The molecule has 25 heavy (non-hydrogen) atoms. The first-order valence-corrected chi connectivity index (χ1v) is 7.94. The predicted molar refractivity (Wildman–Crippen MR) is 87.8 cm³/mol. The van der Waals surface area contributed by atoms with Crippen LogP contribution in [0.1, 0.15) is 30.1 Å². The van der Waals surface area contributed by atoms with Gasteiger partial charge >= 0.3 is 0 Å². The number of hydrogen-bond donors (Lipinski definition) is 2. The highest BCUT2D eigenvalue weighted by molar-refractivity contribution is 5.94. The first kappa shape index (κ1) is 18.6. The number of rotatable bonds is 8. The predicted octanol–water partition coefficient (Wildman–Crippen LogP) is 1.88. The minimum atomic E-state index is -0.913. The Morgan fingerprint density at radius 3 is 2.80 bits per heavy atom. The highest BCUT2D eigenvalue weighted by Gasteiger charge is 2.12. The molecule has 0 bridgehead atoms. The molecule has 0 spiro atoms. The van der Waals surface area contributed by atoms with Gasteiger partial charge in [0.1, 0.15) is 11.6 Å². The highest BCUT2D eigenvalue weighted by Crippen LogP contribution is 2.09. The van der Waals surface area contributed by atoms with Crippen molar-refractivity contribution in [2.24, 2.45) is 0 Å².